The summed E-state index contributed by atoms with van der Waals surface area (Å²) in [6.45, 7) is 7.71. The minimum atomic E-state index is 0.526. The molecular weight excluding hydrogens is 236 g/mol. The number of hydrogen-bond donors (Lipinski definition) is 1. The molecule has 1 aromatic carbocycles. The van der Waals surface area contributed by atoms with Gasteiger partial charge in [0.05, 0.1) is 7.11 Å². The summed E-state index contributed by atoms with van der Waals surface area (Å²) in [6.07, 6.45) is 2.22. The van der Waals surface area contributed by atoms with E-state index in [1.54, 1.807) is 7.11 Å². The molecule has 1 N–H and O–H groups in total. The van der Waals surface area contributed by atoms with Crippen molar-refractivity contribution in [3.8, 4) is 5.75 Å². The summed E-state index contributed by atoms with van der Waals surface area (Å²) in [4.78, 5) is 2.42. The van der Waals surface area contributed by atoms with Crippen LogP contribution in [0.2, 0.25) is 0 Å². The van der Waals surface area contributed by atoms with Gasteiger partial charge in [0, 0.05) is 6.04 Å². The third kappa shape index (κ3) is 5.62. The van der Waals surface area contributed by atoms with Crippen LogP contribution in [0.5, 0.6) is 5.75 Å². The molecule has 0 saturated carbocycles. The second-order valence-electron chi connectivity index (χ2n) is 5.05. The Morgan fingerprint density at radius 3 is 2.74 bits per heavy atom. The molecule has 1 atom stereocenters. The Bertz CT molecular complexity index is 354. The lowest BCUT2D eigenvalue weighted by Crippen LogP contribution is -2.33. The van der Waals surface area contributed by atoms with Crippen molar-refractivity contribution in [1.29, 1.82) is 0 Å². The monoisotopic (exact) mass is 264 g/mol. The van der Waals surface area contributed by atoms with Crippen LogP contribution in [0, 0.1) is 0 Å². The van der Waals surface area contributed by atoms with Crippen LogP contribution in [0.3, 0.4) is 0 Å². The Morgan fingerprint density at radius 1 is 1.32 bits per heavy atom. The zero-order valence-corrected chi connectivity index (χ0v) is 12.8. The maximum Gasteiger partial charge on any atom is 0.122 e. The lowest BCUT2D eigenvalue weighted by Gasteiger charge is -2.25. The van der Waals surface area contributed by atoms with Crippen molar-refractivity contribution in [3.63, 3.8) is 0 Å². The van der Waals surface area contributed by atoms with Gasteiger partial charge in [0.1, 0.15) is 5.75 Å². The summed E-state index contributed by atoms with van der Waals surface area (Å²) in [6, 6.07) is 8.82. The first-order valence-electron chi connectivity index (χ1n) is 7.21. The number of rotatable bonds is 9. The molecular formula is C16H28N2O. The van der Waals surface area contributed by atoms with Crippen LogP contribution in [-0.2, 0) is 6.42 Å². The van der Waals surface area contributed by atoms with Crippen LogP contribution < -0.4 is 10.1 Å². The first-order valence-corrected chi connectivity index (χ1v) is 7.21. The second-order valence-corrected chi connectivity index (χ2v) is 5.05. The Hall–Kier alpha value is -1.06. The van der Waals surface area contributed by atoms with E-state index in [2.05, 4.69) is 43.2 Å². The molecule has 0 spiro atoms. The molecule has 0 heterocycles. The van der Waals surface area contributed by atoms with Crippen molar-refractivity contribution in [3.05, 3.63) is 29.8 Å². The van der Waals surface area contributed by atoms with E-state index in [1.807, 2.05) is 12.1 Å². The average Bonchev–Trinajstić information content (AvgIpc) is 2.44. The quantitative estimate of drug-likeness (QED) is 0.694. The number of methoxy groups -OCH3 is 1. The molecule has 19 heavy (non-hydrogen) atoms. The molecule has 1 aromatic rings. The van der Waals surface area contributed by atoms with E-state index >= 15 is 0 Å². The number of benzene rings is 1. The van der Waals surface area contributed by atoms with E-state index in [0.29, 0.717) is 6.04 Å². The first-order chi connectivity index (χ1) is 9.19. The molecule has 0 aliphatic heterocycles. The van der Waals surface area contributed by atoms with Crippen LogP contribution in [0.25, 0.3) is 0 Å². The lowest BCUT2D eigenvalue weighted by molar-refractivity contribution is 0.251. The van der Waals surface area contributed by atoms with Gasteiger partial charge in [0.2, 0.25) is 0 Å². The van der Waals surface area contributed by atoms with Crippen LogP contribution in [0.4, 0.5) is 0 Å². The Kier molecular flexibility index (Phi) is 7.53. The van der Waals surface area contributed by atoms with Crippen LogP contribution >= 0.6 is 0 Å². The van der Waals surface area contributed by atoms with Crippen molar-refractivity contribution < 1.29 is 4.74 Å². The van der Waals surface area contributed by atoms with Gasteiger partial charge >= 0.3 is 0 Å². The summed E-state index contributed by atoms with van der Waals surface area (Å²) >= 11 is 0. The van der Waals surface area contributed by atoms with Crippen molar-refractivity contribution in [2.24, 2.45) is 0 Å². The standard InChI is InChI=1S/C16H28N2O/c1-5-17-11-8-12-18(3)14(2)13-15-9-6-7-10-16(15)19-4/h6-7,9-10,14,17H,5,8,11-13H2,1-4H3. The van der Waals surface area contributed by atoms with Gasteiger partial charge in [-0.3, -0.25) is 0 Å². The minimum absolute atomic E-state index is 0.526. The molecule has 0 aliphatic carbocycles. The Labute approximate surface area is 118 Å². The molecule has 0 radical (unpaired) electrons. The van der Waals surface area contributed by atoms with Gasteiger partial charge < -0.3 is 15.0 Å². The van der Waals surface area contributed by atoms with Crippen LogP contribution in [0.15, 0.2) is 24.3 Å². The third-order valence-electron chi connectivity index (χ3n) is 3.57. The van der Waals surface area contributed by atoms with E-state index in [0.717, 1.165) is 31.8 Å². The van der Waals surface area contributed by atoms with E-state index < -0.39 is 0 Å². The van der Waals surface area contributed by atoms with E-state index in [9.17, 15) is 0 Å². The highest BCUT2D eigenvalue weighted by molar-refractivity contribution is 5.33. The van der Waals surface area contributed by atoms with Crippen molar-refractivity contribution in [2.45, 2.75) is 32.7 Å². The van der Waals surface area contributed by atoms with Crippen LogP contribution in [-0.4, -0.2) is 44.7 Å². The van der Waals surface area contributed by atoms with Gasteiger partial charge in [-0.25, -0.2) is 0 Å². The number of para-hydroxylation sites is 1. The fraction of sp³-hybridized carbons (Fsp3) is 0.625. The molecule has 1 unspecified atom stereocenters. The molecule has 0 amide bonds. The maximum absolute atomic E-state index is 5.41. The molecule has 1 rings (SSSR count). The van der Waals surface area contributed by atoms with Gasteiger partial charge in [-0.2, -0.15) is 0 Å². The van der Waals surface area contributed by atoms with Gasteiger partial charge in [-0.15, -0.1) is 0 Å². The second kappa shape index (κ2) is 8.94. The topological polar surface area (TPSA) is 24.5 Å². The highest BCUT2D eigenvalue weighted by Gasteiger charge is 2.12. The fourth-order valence-corrected chi connectivity index (χ4v) is 2.20. The zero-order chi connectivity index (χ0) is 14.1. The predicted molar refractivity (Wildman–Crippen MR) is 82.0 cm³/mol. The van der Waals surface area contributed by atoms with Gasteiger partial charge in [-0.1, -0.05) is 25.1 Å². The maximum atomic E-state index is 5.41. The number of likely N-dealkylation sites (N-methyl/N-ethyl adjacent to an activating group) is 1. The summed E-state index contributed by atoms with van der Waals surface area (Å²) in [5.41, 5.74) is 1.29. The fourth-order valence-electron chi connectivity index (χ4n) is 2.20. The van der Waals surface area contributed by atoms with Crippen molar-refractivity contribution in [2.75, 3.05) is 33.8 Å². The molecule has 0 aliphatic rings. The molecule has 0 bridgehead atoms. The number of nitrogens with one attached hydrogen (secondary N) is 1. The lowest BCUT2D eigenvalue weighted by atomic mass is 10.1. The molecule has 0 aromatic heterocycles. The van der Waals surface area contributed by atoms with Crippen molar-refractivity contribution >= 4 is 0 Å². The smallest absolute Gasteiger partial charge is 0.122 e. The molecule has 108 valence electrons. The largest absolute Gasteiger partial charge is 0.496 e. The summed E-state index contributed by atoms with van der Waals surface area (Å²) in [7, 11) is 3.94. The summed E-state index contributed by atoms with van der Waals surface area (Å²) in [5.74, 6) is 0.996. The summed E-state index contributed by atoms with van der Waals surface area (Å²) < 4.78 is 5.41. The van der Waals surface area contributed by atoms with Gasteiger partial charge in [0.15, 0.2) is 0 Å². The number of nitrogens with zero attached hydrogens (tertiary/aromatic N) is 1. The van der Waals surface area contributed by atoms with Crippen LogP contribution in [0.1, 0.15) is 25.8 Å². The van der Waals surface area contributed by atoms with E-state index in [1.165, 1.54) is 12.0 Å². The van der Waals surface area contributed by atoms with E-state index in [-0.39, 0.29) is 0 Å². The molecule has 0 saturated heterocycles. The average molecular weight is 264 g/mol. The summed E-state index contributed by atoms with van der Waals surface area (Å²) in [5, 5.41) is 3.36. The van der Waals surface area contributed by atoms with E-state index in [4.69, 9.17) is 4.74 Å². The third-order valence-corrected chi connectivity index (χ3v) is 3.57. The number of ether oxygens (including phenoxy) is 1. The Morgan fingerprint density at radius 2 is 2.05 bits per heavy atom. The molecule has 3 heteroatoms. The van der Waals surface area contributed by atoms with Gasteiger partial charge in [0.25, 0.3) is 0 Å². The highest BCUT2D eigenvalue weighted by Crippen LogP contribution is 2.20. The van der Waals surface area contributed by atoms with Crippen molar-refractivity contribution in [1.82, 2.24) is 10.2 Å². The normalized spacial score (nSPS) is 12.7. The predicted octanol–water partition coefficient (Wildman–Crippen LogP) is 2.56. The molecule has 3 nitrogen and oxygen atoms in total. The number of hydrogen-bond acceptors (Lipinski definition) is 3. The zero-order valence-electron chi connectivity index (χ0n) is 12.8. The van der Waals surface area contributed by atoms with Gasteiger partial charge in [-0.05, 0) is 58.1 Å². The Balaban J connectivity index is 2.42. The first kappa shape index (κ1) is 16.0. The SMILES string of the molecule is CCNCCCN(C)C(C)Cc1ccccc1OC. The molecule has 0 fully saturated rings. The minimum Gasteiger partial charge on any atom is -0.496 e. The highest BCUT2D eigenvalue weighted by atomic mass is 16.5.